The van der Waals surface area contributed by atoms with Gasteiger partial charge in [0.05, 0.1) is 12.8 Å². The fourth-order valence-corrected chi connectivity index (χ4v) is 3.20. The van der Waals surface area contributed by atoms with Crippen LogP contribution in [0.5, 0.6) is 5.75 Å². The first-order valence-corrected chi connectivity index (χ1v) is 8.24. The van der Waals surface area contributed by atoms with E-state index in [4.69, 9.17) is 4.74 Å². The van der Waals surface area contributed by atoms with Crippen LogP contribution in [-0.2, 0) is 11.9 Å². The van der Waals surface area contributed by atoms with Gasteiger partial charge in [-0.2, -0.15) is 0 Å². The van der Waals surface area contributed by atoms with E-state index in [-0.39, 0.29) is 0 Å². The molecular formula is C16H17Br2NO. The number of nitrogens with zero attached hydrogens (tertiary/aromatic N) is 1. The Labute approximate surface area is 137 Å². The maximum atomic E-state index is 5.40. The lowest BCUT2D eigenvalue weighted by Crippen LogP contribution is -2.17. The Balaban J connectivity index is 2.21. The fourth-order valence-electron chi connectivity index (χ4n) is 2.12. The predicted molar refractivity (Wildman–Crippen MR) is 91.9 cm³/mol. The average Bonchev–Trinajstić information content (AvgIpc) is 2.47. The minimum absolute atomic E-state index is 0.802. The number of alkyl halides is 1. The molecule has 2 rings (SSSR count). The molecule has 0 fully saturated rings. The minimum Gasteiger partial charge on any atom is -0.496 e. The number of para-hydroxylation sites is 1. The summed E-state index contributed by atoms with van der Waals surface area (Å²) in [7, 11) is 3.79. The first-order chi connectivity index (χ1) is 9.65. The second kappa shape index (κ2) is 7.14. The Morgan fingerprint density at radius 3 is 2.55 bits per heavy atom. The van der Waals surface area contributed by atoms with Crippen molar-refractivity contribution in [2.75, 3.05) is 19.1 Å². The number of methoxy groups -OCH3 is 1. The molecule has 0 aliphatic heterocycles. The van der Waals surface area contributed by atoms with E-state index in [9.17, 15) is 0 Å². The highest BCUT2D eigenvalue weighted by Crippen LogP contribution is 2.29. The van der Waals surface area contributed by atoms with Gasteiger partial charge >= 0.3 is 0 Å². The average molecular weight is 399 g/mol. The summed E-state index contributed by atoms with van der Waals surface area (Å²) in [6, 6.07) is 14.5. The van der Waals surface area contributed by atoms with Crippen LogP contribution < -0.4 is 9.64 Å². The Kier molecular flexibility index (Phi) is 5.49. The van der Waals surface area contributed by atoms with Crippen molar-refractivity contribution >= 4 is 37.5 Å². The van der Waals surface area contributed by atoms with E-state index in [0.717, 1.165) is 22.1 Å². The van der Waals surface area contributed by atoms with Crippen molar-refractivity contribution in [3.63, 3.8) is 0 Å². The highest BCUT2D eigenvalue weighted by atomic mass is 79.9. The summed E-state index contributed by atoms with van der Waals surface area (Å²) >= 11 is 7.12. The SMILES string of the molecule is COc1ccccc1CN(C)c1ccc(CBr)cc1Br. The predicted octanol–water partition coefficient (Wildman–Crippen LogP) is 4.99. The van der Waals surface area contributed by atoms with E-state index in [1.165, 1.54) is 16.8 Å². The van der Waals surface area contributed by atoms with Gasteiger partial charge < -0.3 is 9.64 Å². The molecule has 2 aromatic rings. The maximum Gasteiger partial charge on any atom is 0.123 e. The van der Waals surface area contributed by atoms with Crippen molar-refractivity contribution in [1.82, 2.24) is 0 Å². The minimum atomic E-state index is 0.802. The monoisotopic (exact) mass is 397 g/mol. The molecule has 106 valence electrons. The van der Waals surface area contributed by atoms with Crippen LogP contribution in [0.3, 0.4) is 0 Å². The zero-order valence-electron chi connectivity index (χ0n) is 11.6. The van der Waals surface area contributed by atoms with Gasteiger partial charge in [-0.15, -0.1) is 0 Å². The largest absolute Gasteiger partial charge is 0.496 e. The van der Waals surface area contributed by atoms with Gasteiger partial charge in [0.25, 0.3) is 0 Å². The summed E-state index contributed by atoms with van der Waals surface area (Å²) in [5, 5.41) is 0.863. The number of hydrogen-bond acceptors (Lipinski definition) is 2. The second-order valence-electron chi connectivity index (χ2n) is 4.59. The third kappa shape index (κ3) is 3.55. The number of benzene rings is 2. The van der Waals surface area contributed by atoms with Gasteiger partial charge in [0.1, 0.15) is 5.75 Å². The zero-order valence-corrected chi connectivity index (χ0v) is 14.7. The van der Waals surface area contributed by atoms with Crippen molar-refractivity contribution < 1.29 is 4.74 Å². The Morgan fingerprint density at radius 2 is 1.90 bits per heavy atom. The van der Waals surface area contributed by atoms with E-state index >= 15 is 0 Å². The topological polar surface area (TPSA) is 12.5 Å². The molecule has 20 heavy (non-hydrogen) atoms. The van der Waals surface area contributed by atoms with Gasteiger partial charge in [0.15, 0.2) is 0 Å². The van der Waals surface area contributed by atoms with Crippen LogP contribution in [0.1, 0.15) is 11.1 Å². The van der Waals surface area contributed by atoms with E-state index in [2.05, 4.69) is 68.1 Å². The lowest BCUT2D eigenvalue weighted by Gasteiger charge is -2.22. The molecule has 0 spiro atoms. The Morgan fingerprint density at radius 1 is 1.15 bits per heavy atom. The molecule has 2 nitrogen and oxygen atoms in total. The number of rotatable bonds is 5. The van der Waals surface area contributed by atoms with Gasteiger partial charge in [-0.25, -0.2) is 0 Å². The molecule has 0 aliphatic carbocycles. The molecule has 4 heteroatoms. The lowest BCUT2D eigenvalue weighted by atomic mass is 10.1. The van der Waals surface area contributed by atoms with Gasteiger partial charge in [-0.05, 0) is 39.7 Å². The number of ether oxygens (including phenoxy) is 1. The number of anilines is 1. The molecule has 0 heterocycles. The number of hydrogen-bond donors (Lipinski definition) is 0. The quantitative estimate of drug-likeness (QED) is 0.658. The molecule has 2 aromatic carbocycles. The van der Waals surface area contributed by atoms with E-state index < -0.39 is 0 Å². The summed E-state index contributed by atoms with van der Waals surface area (Å²) in [4.78, 5) is 2.21. The van der Waals surface area contributed by atoms with E-state index in [1.807, 2.05) is 18.2 Å². The van der Waals surface area contributed by atoms with Gasteiger partial charge in [-0.3, -0.25) is 0 Å². The first kappa shape index (κ1) is 15.4. The molecular weight excluding hydrogens is 382 g/mol. The molecule has 0 aromatic heterocycles. The molecule has 0 amide bonds. The summed E-state index contributed by atoms with van der Waals surface area (Å²) in [5.74, 6) is 0.924. The Bertz CT molecular complexity index is 586. The van der Waals surface area contributed by atoms with Crippen LogP contribution in [0.15, 0.2) is 46.9 Å². The maximum absolute atomic E-state index is 5.40. The molecule has 0 radical (unpaired) electrons. The van der Waals surface area contributed by atoms with Crippen LogP contribution >= 0.6 is 31.9 Å². The zero-order chi connectivity index (χ0) is 14.5. The van der Waals surface area contributed by atoms with Crippen molar-refractivity contribution in [3.8, 4) is 5.75 Å². The molecule has 0 saturated carbocycles. The lowest BCUT2D eigenvalue weighted by molar-refractivity contribution is 0.409. The normalized spacial score (nSPS) is 10.4. The smallest absolute Gasteiger partial charge is 0.123 e. The molecule has 0 N–H and O–H groups in total. The summed E-state index contributed by atoms with van der Waals surface area (Å²) < 4.78 is 6.51. The van der Waals surface area contributed by atoms with Gasteiger partial charge in [-0.1, -0.05) is 40.2 Å². The molecule has 0 aliphatic rings. The third-order valence-corrected chi connectivity index (χ3v) is 4.46. The summed E-state index contributed by atoms with van der Waals surface area (Å²) in [6.07, 6.45) is 0. The molecule has 0 unspecified atom stereocenters. The third-order valence-electron chi connectivity index (χ3n) is 3.18. The molecule has 0 bridgehead atoms. The van der Waals surface area contributed by atoms with Crippen LogP contribution in [0.2, 0.25) is 0 Å². The van der Waals surface area contributed by atoms with Crippen molar-refractivity contribution in [3.05, 3.63) is 58.1 Å². The first-order valence-electron chi connectivity index (χ1n) is 6.33. The van der Waals surface area contributed by atoms with Crippen LogP contribution in [0.4, 0.5) is 5.69 Å². The highest BCUT2D eigenvalue weighted by Gasteiger charge is 2.09. The summed E-state index contributed by atoms with van der Waals surface area (Å²) in [5.41, 5.74) is 3.60. The van der Waals surface area contributed by atoms with Crippen molar-refractivity contribution in [2.24, 2.45) is 0 Å². The second-order valence-corrected chi connectivity index (χ2v) is 6.00. The van der Waals surface area contributed by atoms with Crippen molar-refractivity contribution in [2.45, 2.75) is 11.9 Å². The van der Waals surface area contributed by atoms with Gasteiger partial charge in [0.2, 0.25) is 0 Å². The highest BCUT2D eigenvalue weighted by molar-refractivity contribution is 9.10. The van der Waals surface area contributed by atoms with Crippen LogP contribution in [-0.4, -0.2) is 14.2 Å². The fraction of sp³-hybridized carbons (Fsp3) is 0.250. The Hall–Kier alpha value is -1.000. The molecule has 0 atom stereocenters. The van der Waals surface area contributed by atoms with E-state index in [1.54, 1.807) is 7.11 Å². The van der Waals surface area contributed by atoms with Gasteiger partial charge in [0, 0.05) is 29.0 Å². The molecule has 0 saturated heterocycles. The number of halogens is 2. The van der Waals surface area contributed by atoms with Crippen LogP contribution in [0, 0.1) is 0 Å². The van der Waals surface area contributed by atoms with Crippen LogP contribution in [0.25, 0.3) is 0 Å². The summed E-state index contributed by atoms with van der Waals surface area (Å²) in [6.45, 7) is 0.802. The van der Waals surface area contributed by atoms with Crippen molar-refractivity contribution in [1.29, 1.82) is 0 Å². The van der Waals surface area contributed by atoms with E-state index in [0.29, 0.717) is 0 Å². The standard InChI is InChI=1S/C16H17Br2NO/c1-19(11-13-5-3-4-6-16(13)20-2)15-8-7-12(10-17)9-14(15)18/h3-9H,10-11H2,1-2H3.